The quantitative estimate of drug-likeness (QED) is 0.782. The van der Waals surface area contributed by atoms with Crippen LogP contribution >= 0.6 is 0 Å². The van der Waals surface area contributed by atoms with E-state index in [1.807, 2.05) is 23.1 Å². The molecule has 0 aliphatic carbocycles. The van der Waals surface area contributed by atoms with Crippen molar-refractivity contribution in [3.63, 3.8) is 0 Å². The fourth-order valence-electron chi connectivity index (χ4n) is 2.68. The number of carbonyl (C=O) groups excluding carboxylic acids is 1. The molecule has 1 amide bonds. The molecule has 3 saturated heterocycles. The van der Waals surface area contributed by atoms with E-state index in [1.165, 1.54) is 5.56 Å². The molecule has 3 N–H and O–H groups in total. The van der Waals surface area contributed by atoms with Gasteiger partial charge < -0.3 is 16.0 Å². The van der Waals surface area contributed by atoms with Crippen LogP contribution in [0.2, 0.25) is 0 Å². The number of fused-ring (bicyclic) bond motifs is 2. The van der Waals surface area contributed by atoms with Crippen LogP contribution in [0.15, 0.2) is 24.3 Å². The van der Waals surface area contributed by atoms with Crippen molar-refractivity contribution in [1.29, 1.82) is 0 Å². The first-order valence-electron chi connectivity index (χ1n) is 6.09. The van der Waals surface area contributed by atoms with Crippen molar-refractivity contribution in [2.45, 2.75) is 31.6 Å². The highest BCUT2D eigenvalue weighted by atomic mass is 16.2. The minimum absolute atomic E-state index is 0.0683. The first kappa shape index (κ1) is 10.7. The number of benzene rings is 1. The van der Waals surface area contributed by atoms with E-state index in [2.05, 4.69) is 11.4 Å². The molecule has 3 aliphatic rings. The lowest BCUT2D eigenvalue weighted by Gasteiger charge is -2.47. The highest BCUT2D eigenvalue weighted by Gasteiger charge is 2.42. The molecule has 2 bridgehead atoms. The van der Waals surface area contributed by atoms with Crippen LogP contribution in [0.25, 0.3) is 0 Å². The molecule has 2 atom stereocenters. The molecule has 4 rings (SSSR count). The molecule has 0 radical (unpaired) electrons. The van der Waals surface area contributed by atoms with E-state index in [9.17, 15) is 4.79 Å². The molecule has 2 unspecified atom stereocenters. The Morgan fingerprint density at radius 3 is 2.71 bits per heavy atom. The second-order valence-electron chi connectivity index (χ2n) is 4.84. The third-order valence-corrected chi connectivity index (χ3v) is 3.71. The zero-order chi connectivity index (χ0) is 11.8. The number of hydrogen-bond donors (Lipinski definition) is 2. The van der Waals surface area contributed by atoms with Gasteiger partial charge in [-0.1, -0.05) is 24.3 Å². The summed E-state index contributed by atoms with van der Waals surface area (Å²) in [5.74, 6) is 0.235. The van der Waals surface area contributed by atoms with Gasteiger partial charge in [-0.3, -0.25) is 4.79 Å². The maximum Gasteiger partial charge on any atom is 0.240 e. The molecule has 0 aromatic heterocycles. The van der Waals surface area contributed by atoms with Gasteiger partial charge in [-0.15, -0.1) is 0 Å². The van der Waals surface area contributed by atoms with Crippen molar-refractivity contribution in [1.82, 2.24) is 10.2 Å². The van der Waals surface area contributed by atoms with Crippen LogP contribution < -0.4 is 11.1 Å². The molecular formula is C13H17N3O. The predicted molar refractivity (Wildman–Crippen MR) is 65.1 cm³/mol. The normalized spacial score (nSPS) is 26.9. The average molecular weight is 231 g/mol. The van der Waals surface area contributed by atoms with Crippen LogP contribution in [0.1, 0.15) is 17.5 Å². The molecule has 4 heteroatoms. The van der Waals surface area contributed by atoms with Crippen LogP contribution in [0.3, 0.4) is 0 Å². The molecule has 1 aromatic carbocycles. The zero-order valence-electron chi connectivity index (χ0n) is 9.73. The second kappa shape index (κ2) is 4.13. The molecule has 1 aromatic rings. The van der Waals surface area contributed by atoms with Gasteiger partial charge in [-0.25, -0.2) is 0 Å². The standard InChI is InChI=1S/C13H17N3O/c14-6-9-3-1-2-4-10(9)7-16-8-11-5-12(15-11)13(16)17/h1-4,11-12,15H,5-8,14H2. The van der Waals surface area contributed by atoms with E-state index in [4.69, 9.17) is 5.73 Å². The summed E-state index contributed by atoms with van der Waals surface area (Å²) in [6, 6.07) is 8.65. The summed E-state index contributed by atoms with van der Waals surface area (Å²) >= 11 is 0. The summed E-state index contributed by atoms with van der Waals surface area (Å²) in [7, 11) is 0. The van der Waals surface area contributed by atoms with Gasteiger partial charge in [0.15, 0.2) is 0 Å². The zero-order valence-corrected chi connectivity index (χ0v) is 9.73. The molecule has 3 heterocycles. The summed E-state index contributed by atoms with van der Waals surface area (Å²) in [6.07, 6.45) is 1.01. The molecule has 4 nitrogen and oxygen atoms in total. The van der Waals surface area contributed by atoms with E-state index in [1.54, 1.807) is 0 Å². The number of hydrogen-bond acceptors (Lipinski definition) is 3. The topological polar surface area (TPSA) is 58.4 Å². The first-order valence-corrected chi connectivity index (χ1v) is 6.09. The fourth-order valence-corrected chi connectivity index (χ4v) is 2.68. The second-order valence-corrected chi connectivity index (χ2v) is 4.84. The van der Waals surface area contributed by atoms with Crippen LogP contribution in [-0.4, -0.2) is 29.4 Å². The Morgan fingerprint density at radius 2 is 2.06 bits per heavy atom. The average Bonchev–Trinajstić information content (AvgIpc) is 2.30. The van der Waals surface area contributed by atoms with Crippen LogP contribution in [-0.2, 0) is 17.9 Å². The highest BCUT2D eigenvalue weighted by molar-refractivity contribution is 5.84. The van der Waals surface area contributed by atoms with E-state index in [0.29, 0.717) is 19.1 Å². The summed E-state index contributed by atoms with van der Waals surface area (Å²) in [5.41, 5.74) is 8.01. The van der Waals surface area contributed by atoms with Crippen molar-refractivity contribution >= 4 is 5.91 Å². The molecule has 3 fully saturated rings. The minimum atomic E-state index is 0.0683. The van der Waals surface area contributed by atoms with Gasteiger partial charge in [0.25, 0.3) is 0 Å². The lowest BCUT2D eigenvalue weighted by Crippen LogP contribution is -2.69. The van der Waals surface area contributed by atoms with Crippen LogP contribution in [0.5, 0.6) is 0 Å². The number of rotatable bonds is 3. The van der Waals surface area contributed by atoms with Gasteiger partial charge in [0.1, 0.15) is 0 Å². The van der Waals surface area contributed by atoms with Crippen molar-refractivity contribution < 1.29 is 4.79 Å². The number of nitrogens with zero attached hydrogens (tertiary/aromatic N) is 1. The van der Waals surface area contributed by atoms with Gasteiger partial charge in [0.05, 0.1) is 6.04 Å². The Kier molecular flexibility index (Phi) is 2.61. The van der Waals surface area contributed by atoms with Crippen molar-refractivity contribution in [3.8, 4) is 0 Å². The summed E-state index contributed by atoms with van der Waals surface area (Å²) in [4.78, 5) is 13.9. The lowest BCUT2D eigenvalue weighted by atomic mass is 9.90. The van der Waals surface area contributed by atoms with Gasteiger partial charge >= 0.3 is 0 Å². The largest absolute Gasteiger partial charge is 0.335 e. The molecule has 90 valence electrons. The van der Waals surface area contributed by atoms with Crippen molar-refractivity contribution in [2.75, 3.05) is 6.54 Å². The Labute approximate surface area is 101 Å². The molecule has 0 saturated carbocycles. The van der Waals surface area contributed by atoms with Crippen molar-refractivity contribution in [2.24, 2.45) is 5.73 Å². The van der Waals surface area contributed by atoms with E-state index in [0.717, 1.165) is 18.5 Å². The monoisotopic (exact) mass is 231 g/mol. The fraction of sp³-hybridized carbons (Fsp3) is 0.462. The third-order valence-electron chi connectivity index (χ3n) is 3.71. The SMILES string of the molecule is NCc1ccccc1CN1CC2CC(N2)C1=O. The van der Waals surface area contributed by atoms with Gasteiger partial charge in [-0.05, 0) is 17.5 Å². The maximum absolute atomic E-state index is 12.0. The Bertz CT molecular complexity index is 440. The number of amides is 1. The van der Waals surface area contributed by atoms with Gasteiger partial charge in [-0.2, -0.15) is 0 Å². The summed E-state index contributed by atoms with van der Waals surface area (Å²) in [5, 5.41) is 3.26. The lowest BCUT2D eigenvalue weighted by molar-refractivity contribution is -0.143. The maximum atomic E-state index is 12.0. The van der Waals surface area contributed by atoms with E-state index < -0.39 is 0 Å². The van der Waals surface area contributed by atoms with Crippen LogP contribution in [0, 0.1) is 0 Å². The van der Waals surface area contributed by atoms with Crippen molar-refractivity contribution in [3.05, 3.63) is 35.4 Å². The number of piperazine rings is 1. The van der Waals surface area contributed by atoms with E-state index in [-0.39, 0.29) is 11.9 Å². The highest BCUT2D eigenvalue weighted by Crippen LogP contribution is 2.24. The first-order chi connectivity index (χ1) is 8.28. The predicted octanol–water partition coefficient (Wildman–Crippen LogP) is 0.218. The molecule has 3 aliphatic heterocycles. The Morgan fingerprint density at radius 1 is 1.35 bits per heavy atom. The molecular weight excluding hydrogens is 214 g/mol. The minimum Gasteiger partial charge on any atom is -0.335 e. The van der Waals surface area contributed by atoms with Crippen LogP contribution in [0.4, 0.5) is 0 Å². The van der Waals surface area contributed by atoms with Gasteiger partial charge in [0, 0.05) is 25.7 Å². The molecule has 0 spiro atoms. The number of nitrogens with two attached hydrogens (primary N) is 1. The number of nitrogens with one attached hydrogen (secondary N) is 1. The molecule has 17 heavy (non-hydrogen) atoms. The summed E-state index contributed by atoms with van der Waals surface area (Å²) in [6.45, 7) is 2.05. The number of carbonyl (C=O) groups is 1. The Balaban J connectivity index is 1.76. The third kappa shape index (κ3) is 1.83. The number of piperidine rings is 1. The Hall–Kier alpha value is -1.39. The smallest absolute Gasteiger partial charge is 0.240 e. The van der Waals surface area contributed by atoms with Gasteiger partial charge in [0.2, 0.25) is 5.91 Å². The van der Waals surface area contributed by atoms with E-state index >= 15 is 0 Å². The summed E-state index contributed by atoms with van der Waals surface area (Å²) < 4.78 is 0.